The number of carbonyl (C=O) groups excluding carboxylic acids is 2. The number of nitrogens with one attached hydrogen (secondary N) is 2. The van der Waals surface area contributed by atoms with E-state index in [9.17, 15) is 14.7 Å². The van der Waals surface area contributed by atoms with Gasteiger partial charge < -0.3 is 25.4 Å². The maximum Gasteiger partial charge on any atom is 0.315 e. The third-order valence-electron chi connectivity index (χ3n) is 3.70. The third-order valence-corrected chi connectivity index (χ3v) is 4.01. The lowest BCUT2D eigenvalue weighted by atomic mass is 10.2. The van der Waals surface area contributed by atoms with Gasteiger partial charge in [-0.1, -0.05) is 11.6 Å². The van der Waals surface area contributed by atoms with Gasteiger partial charge in [-0.25, -0.2) is 4.79 Å². The molecule has 1 unspecified atom stereocenters. The van der Waals surface area contributed by atoms with E-state index in [2.05, 4.69) is 10.6 Å². The summed E-state index contributed by atoms with van der Waals surface area (Å²) < 4.78 is 5.36. The molecule has 1 aliphatic heterocycles. The number of nitrogens with zero attached hydrogens (tertiary/aromatic N) is 1. The van der Waals surface area contributed by atoms with E-state index in [-0.39, 0.29) is 34.9 Å². The van der Waals surface area contributed by atoms with Crippen LogP contribution >= 0.6 is 11.6 Å². The van der Waals surface area contributed by atoms with Crippen molar-refractivity contribution < 1.29 is 19.4 Å². The zero-order valence-electron chi connectivity index (χ0n) is 13.0. The molecule has 1 aliphatic rings. The average molecular weight is 342 g/mol. The molecular formula is C15H20ClN3O4. The first-order valence-electron chi connectivity index (χ1n) is 7.31. The van der Waals surface area contributed by atoms with Crippen molar-refractivity contribution in [3.8, 4) is 5.75 Å². The number of urea groups is 1. The van der Waals surface area contributed by atoms with Crippen LogP contribution in [0.3, 0.4) is 0 Å². The van der Waals surface area contributed by atoms with Gasteiger partial charge in [0.2, 0.25) is 0 Å². The molecule has 1 saturated heterocycles. The number of phenolic OH excluding ortho intramolecular Hbond substituents is 1. The Labute approximate surface area is 139 Å². The SMILES string of the molecule is CCNC(=O)NC1CN(C(=O)c2ccc(O)c(Cl)c2)C[C@@H]1OC. The average Bonchev–Trinajstić information content (AvgIpc) is 2.92. The summed E-state index contributed by atoms with van der Waals surface area (Å²) in [5, 5.41) is 15.0. The summed E-state index contributed by atoms with van der Waals surface area (Å²) >= 11 is 5.84. The lowest BCUT2D eigenvalue weighted by Crippen LogP contribution is -2.48. The summed E-state index contributed by atoms with van der Waals surface area (Å²) in [4.78, 5) is 25.8. The van der Waals surface area contributed by atoms with E-state index >= 15 is 0 Å². The van der Waals surface area contributed by atoms with Gasteiger partial charge in [0, 0.05) is 32.3 Å². The van der Waals surface area contributed by atoms with Crippen molar-refractivity contribution in [1.29, 1.82) is 0 Å². The van der Waals surface area contributed by atoms with E-state index < -0.39 is 0 Å². The zero-order chi connectivity index (χ0) is 17.0. The van der Waals surface area contributed by atoms with Crippen LogP contribution in [0.4, 0.5) is 4.79 Å². The van der Waals surface area contributed by atoms with Gasteiger partial charge >= 0.3 is 6.03 Å². The van der Waals surface area contributed by atoms with Crippen LogP contribution in [0.2, 0.25) is 5.02 Å². The maximum atomic E-state index is 12.5. The van der Waals surface area contributed by atoms with Gasteiger partial charge in [0.05, 0.1) is 17.2 Å². The van der Waals surface area contributed by atoms with Crippen molar-refractivity contribution >= 4 is 23.5 Å². The first-order chi connectivity index (χ1) is 11.0. The van der Waals surface area contributed by atoms with Crippen molar-refractivity contribution in [2.45, 2.75) is 19.1 Å². The largest absolute Gasteiger partial charge is 0.506 e. The first kappa shape index (κ1) is 17.4. The normalized spacial score (nSPS) is 20.4. The minimum Gasteiger partial charge on any atom is -0.506 e. The van der Waals surface area contributed by atoms with Crippen LogP contribution in [0.25, 0.3) is 0 Å². The molecule has 126 valence electrons. The number of methoxy groups -OCH3 is 1. The van der Waals surface area contributed by atoms with E-state index in [0.717, 1.165) is 0 Å². The van der Waals surface area contributed by atoms with Gasteiger partial charge in [-0.05, 0) is 25.1 Å². The van der Waals surface area contributed by atoms with Crippen molar-refractivity contribution in [1.82, 2.24) is 15.5 Å². The van der Waals surface area contributed by atoms with Gasteiger partial charge in [0.15, 0.2) is 0 Å². The second-order valence-corrected chi connectivity index (χ2v) is 5.67. The highest BCUT2D eigenvalue weighted by Crippen LogP contribution is 2.25. The fourth-order valence-electron chi connectivity index (χ4n) is 2.52. The van der Waals surface area contributed by atoms with Crippen LogP contribution in [0.5, 0.6) is 5.75 Å². The fourth-order valence-corrected chi connectivity index (χ4v) is 2.70. The molecule has 0 radical (unpaired) electrons. The van der Waals surface area contributed by atoms with E-state index in [1.807, 2.05) is 6.92 Å². The number of aromatic hydroxyl groups is 1. The van der Waals surface area contributed by atoms with E-state index in [4.69, 9.17) is 16.3 Å². The van der Waals surface area contributed by atoms with Crippen molar-refractivity contribution in [2.75, 3.05) is 26.7 Å². The molecule has 3 N–H and O–H groups in total. The third kappa shape index (κ3) is 4.05. The lowest BCUT2D eigenvalue weighted by Gasteiger charge is -2.18. The number of rotatable bonds is 4. The lowest BCUT2D eigenvalue weighted by molar-refractivity contribution is 0.0710. The monoisotopic (exact) mass is 341 g/mol. The summed E-state index contributed by atoms with van der Waals surface area (Å²) in [6, 6.07) is 3.73. The predicted octanol–water partition coefficient (Wildman–Crippen LogP) is 1.20. The van der Waals surface area contributed by atoms with Gasteiger partial charge in [-0.3, -0.25) is 4.79 Å². The maximum absolute atomic E-state index is 12.5. The number of ether oxygens (including phenoxy) is 1. The molecule has 7 nitrogen and oxygen atoms in total. The van der Waals surface area contributed by atoms with Gasteiger partial charge in [-0.2, -0.15) is 0 Å². The van der Waals surface area contributed by atoms with Crippen LogP contribution in [0.15, 0.2) is 18.2 Å². The van der Waals surface area contributed by atoms with Gasteiger partial charge in [0.25, 0.3) is 5.91 Å². The Morgan fingerprint density at radius 2 is 2.17 bits per heavy atom. The number of benzene rings is 1. The van der Waals surface area contributed by atoms with Crippen LogP contribution in [0.1, 0.15) is 17.3 Å². The molecule has 1 heterocycles. The van der Waals surface area contributed by atoms with Crippen molar-refractivity contribution in [2.24, 2.45) is 0 Å². The number of phenols is 1. The molecule has 8 heteroatoms. The van der Waals surface area contributed by atoms with Gasteiger partial charge in [-0.15, -0.1) is 0 Å². The molecule has 1 fully saturated rings. The summed E-state index contributed by atoms with van der Waals surface area (Å²) in [7, 11) is 1.54. The van der Waals surface area contributed by atoms with Gasteiger partial charge in [0.1, 0.15) is 5.75 Å². The van der Waals surface area contributed by atoms with E-state index in [1.54, 1.807) is 12.0 Å². The van der Waals surface area contributed by atoms with E-state index in [0.29, 0.717) is 25.2 Å². The summed E-state index contributed by atoms with van der Waals surface area (Å²) in [5.41, 5.74) is 0.376. The molecule has 1 aromatic rings. The number of halogens is 1. The Hall–Kier alpha value is -1.99. The molecule has 2 atom stereocenters. The van der Waals surface area contributed by atoms with E-state index in [1.165, 1.54) is 18.2 Å². The Morgan fingerprint density at radius 3 is 2.78 bits per heavy atom. The second-order valence-electron chi connectivity index (χ2n) is 5.26. The van der Waals surface area contributed by atoms with Crippen LogP contribution in [0, 0.1) is 0 Å². The first-order valence-corrected chi connectivity index (χ1v) is 7.69. The number of carbonyl (C=O) groups is 2. The molecule has 0 aliphatic carbocycles. The topological polar surface area (TPSA) is 90.9 Å². The summed E-state index contributed by atoms with van der Waals surface area (Å²) in [5.74, 6) is -0.302. The highest BCUT2D eigenvalue weighted by Gasteiger charge is 2.36. The summed E-state index contributed by atoms with van der Waals surface area (Å²) in [6.45, 7) is 3.05. The molecule has 1 aromatic carbocycles. The molecule has 0 aromatic heterocycles. The highest BCUT2D eigenvalue weighted by atomic mass is 35.5. The van der Waals surface area contributed by atoms with Crippen LogP contribution < -0.4 is 10.6 Å². The molecule has 3 amide bonds. The molecule has 0 saturated carbocycles. The van der Waals surface area contributed by atoms with Crippen molar-refractivity contribution in [3.05, 3.63) is 28.8 Å². The molecule has 0 spiro atoms. The van der Waals surface area contributed by atoms with Crippen LogP contribution in [-0.2, 0) is 4.74 Å². The second kappa shape index (κ2) is 7.52. The Bertz CT molecular complexity index is 596. The Balaban J connectivity index is 2.07. The predicted molar refractivity (Wildman–Crippen MR) is 85.8 cm³/mol. The molecule has 2 rings (SSSR count). The minimum absolute atomic E-state index is 0.0739. The fraction of sp³-hybridized carbons (Fsp3) is 0.467. The Morgan fingerprint density at radius 1 is 1.43 bits per heavy atom. The standard InChI is InChI=1S/C15H20ClN3O4/c1-3-17-15(22)18-11-7-19(8-13(11)23-2)14(21)9-4-5-12(20)10(16)6-9/h4-6,11,13,20H,3,7-8H2,1-2H3,(H2,17,18,22)/t11?,13-/m0/s1. The zero-order valence-corrected chi connectivity index (χ0v) is 13.8. The van der Waals surface area contributed by atoms with Crippen molar-refractivity contribution in [3.63, 3.8) is 0 Å². The van der Waals surface area contributed by atoms with Crippen LogP contribution in [-0.4, -0.2) is 60.8 Å². The summed E-state index contributed by atoms with van der Waals surface area (Å²) in [6.07, 6.45) is -0.283. The molecular weight excluding hydrogens is 322 g/mol. The number of amides is 3. The quantitative estimate of drug-likeness (QED) is 0.767. The molecule has 23 heavy (non-hydrogen) atoms. The smallest absolute Gasteiger partial charge is 0.315 e. The number of likely N-dealkylation sites (tertiary alicyclic amines) is 1. The number of hydrogen-bond donors (Lipinski definition) is 3. The minimum atomic E-state index is -0.290. The molecule has 0 bridgehead atoms. The highest BCUT2D eigenvalue weighted by molar-refractivity contribution is 6.32. The Kier molecular flexibility index (Phi) is 5.68. The number of hydrogen-bond acceptors (Lipinski definition) is 4.